The van der Waals surface area contributed by atoms with E-state index in [1.165, 1.54) is 6.07 Å². The van der Waals surface area contributed by atoms with E-state index in [1.54, 1.807) is 12.3 Å². The second-order valence-corrected chi connectivity index (χ2v) is 5.31. The van der Waals surface area contributed by atoms with Gasteiger partial charge in [-0.25, -0.2) is 9.37 Å². The minimum absolute atomic E-state index is 0.0534. The van der Waals surface area contributed by atoms with E-state index in [2.05, 4.69) is 4.98 Å². The molecular weight excluding hydrogens is 247 g/mol. The third-order valence-electron chi connectivity index (χ3n) is 4.17. The lowest BCUT2D eigenvalue weighted by Gasteiger charge is -2.37. The van der Waals surface area contributed by atoms with Crippen LogP contribution in [-0.2, 0) is 4.74 Å². The average molecular weight is 266 g/mol. The highest BCUT2D eigenvalue weighted by Gasteiger charge is 2.38. The molecule has 19 heavy (non-hydrogen) atoms. The van der Waals surface area contributed by atoms with Crippen LogP contribution in [0.2, 0.25) is 0 Å². The molecule has 0 bridgehead atoms. The van der Waals surface area contributed by atoms with E-state index in [4.69, 9.17) is 4.74 Å². The highest BCUT2D eigenvalue weighted by molar-refractivity contribution is 5.42. The SMILES string of the molecule is OC1CCOCC1C1CCCN1c1ncccc1F. The van der Waals surface area contributed by atoms with Crippen molar-refractivity contribution in [3.63, 3.8) is 0 Å². The number of hydrogen-bond donors (Lipinski definition) is 1. The van der Waals surface area contributed by atoms with Crippen molar-refractivity contribution in [2.45, 2.75) is 31.4 Å². The van der Waals surface area contributed by atoms with Crippen LogP contribution in [0.3, 0.4) is 0 Å². The molecule has 0 aliphatic carbocycles. The molecule has 3 rings (SSSR count). The van der Waals surface area contributed by atoms with Crippen molar-refractivity contribution < 1.29 is 14.2 Å². The first-order valence-corrected chi connectivity index (χ1v) is 6.90. The maximum Gasteiger partial charge on any atom is 0.165 e. The summed E-state index contributed by atoms with van der Waals surface area (Å²) in [5.74, 6) is 0.168. The topological polar surface area (TPSA) is 45.6 Å². The number of ether oxygens (including phenoxy) is 1. The predicted molar refractivity (Wildman–Crippen MR) is 69.5 cm³/mol. The van der Waals surface area contributed by atoms with Crippen LogP contribution in [0, 0.1) is 11.7 Å². The Balaban J connectivity index is 1.83. The van der Waals surface area contributed by atoms with Gasteiger partial charge in [-0.1, -0.05) is 0 Å². The van der Waals surface area contributed by atoms with Crippen molar-refractivity contribution in [2.24, 2.45) is 5.92 Å². The number of nitrogens with zero attached hydrogens (tertiary/aromatic N) is 2. The van der Waals surface area contributed by atoms with Crippen molar-refractivity contribution in [2.75, 3.05) is 24.7 Å². The first kappa shape index (κ1) is 12.8. The molecular formula is C14H19FN2O2. The molecule has 2 aliphatic rings. The molecule has 0 aromatic carbocycles. The van der Waals surface area contributed by atoms with Crippen LogP contribution in [0.25, 0.3) is 0 Å². The Hall–Kier alpha value is -1.20. The number of hydrogen-bond acceptors (Lipinski definition) is 4. The zero-order chi connectivity index (χ0) is 13.2. The number of rotatable bonds is 2. The summed E-state index contributed by atoms with van der Waals surface area (Å²) in [4.78, 5) is 6.16. The third kappa shape index (κ3) is 2.44. The molecule has 1 aromatic rings. The van der Waals surface area contributed by atoms with Gasteiger partial charge in [0.2, 0.25) is 0 Å². The summed E-state index contributed by atoms with van der Waals surface area (Å²) in [7, 11) is 0. The Bertz CT molecular complexity index is 443. The van der Waals surface area contributed by atoms with E-state index in [1.807, 2.05) is 4.90 Å². The fourth-order valence-corrected chi connectivity index (χ4v) is 3.21. The Morgan fingerprint density at radius 1 is 1.42 bits per heavy atom. The second-order valence-electron chi connectivity index (χ2n) is 5.31. The molecule has 5 heteroatoms. The smallest absolute Gasteiger partial charge is 0.165 e. The molecule has 2 aliphatic heterocycles. The Kier molecular flexibility index (Phi) is 3.66. The quantitative estimate of drug-likeness (QED) is 0.883. The van der Waals surface area contributed by atoms with Crippen molar-refractivity contribution >= 4 is 5.82 Å². The molecule has 0 radical (unpaired) electrons. The lowest BCUT2D eigenvalue weighted by atomic mass is 9.89. The van der Waals surface area contributed by atoms with Crippen LogP contribution >= 0.6 is 0 Å². The fraction of sp³-hybridized carbons (Fsp3) is 0.643. The van der Waals surface area contributed by atoms with Gasteiger partial charge in [0, 0.05) is 31.3 Å². The molecule has 3 unspecified atom stereocenters. The Labute approximate surface area is 112 Å². The zero-order valence-electron chi connectivity index (χ0n) is 10.8. The molecule has 0 amide bonds. The van der Waals surface area contributed by atoms with Crippen LogP contribution in [-0.4, -0.2) is 42.0 Å². The number of aliphatic hydroxyl groups is 1. The molecule has 104 valence electrons. The molecule has 0 saturated carbocycles. The van der Waals surface area contributed by atoms with Crippen LogP contribution in [0.1, 0.15) is 19.3 Å². The van der Waals surface area contributed by atoms with Gasteiger partial charge in [-0.2, -0.15) is 0 Å². The molecule has 3 heterocycles. The van der Waals surface area contributed by atoms with Crippen LogP contribution in [0.15, 0.2) is 18.3 Å². The van der Waals surface area contributed by atoms with Gasteiger partial charge in [-0.15, -0.1) is 0 Å². The van der Waals surface area contributed by atoms with Crippen LogP contribution < -0.4 is 4.90 Å². The van der Waals surface area contributed by atoms with Crippen molar-refractivity contribution in [1.29, 1.82) is 0 Å². The summed E-state index contributed by atoms with van der Waals surface area (Å²) in [6.45, 7) is 1.96. The lowest BCUT2D eigenvalue weighted by Crippen LogP contribution is -2.46. The highest BCUT2D eigenvalue weighted by atomic mass is 19.1. The Morgan fingerprint density at radius 3 is 3.11 bits per heavy atom. The van der Waals surface area contributed by atoms with Crippen molar-refractivity contribution in [1.82, 2.24) is 4.98 Å². The van der Waals surface area contributed by atoms with Crippen molar-refractivity contribution in [3.8, 4) is 0 Å². The first-order valence-electron chi connectivity index (χ1n) is 6.90. The largest absolute Gasteiger partial charge is 0.393 e. The van der Waals surface area contributed by atoms with E-state index >= 15 is 0 Å². The van der Waals surface area contributed by atoms with Gasteiger partial charge in [0.25, 0.3) is 0 Å². The van der Waals surface area contributed by atoms with E-state index in [0.29, 0.717) is 25.5 Å². The minimum atomic E-state index is -0.355. The molecule has 1 N–H and O–H groups in total. The van der Waals surface area contributed by atoms with Crippen molar-refractivity contribution in [3.05, 3.63) is 24.1 Å². The van der Waals surface area contributed by atoms with E-state index in [-0.39, 0.29) is 23.9 Å². The van der Waals surface area contributed by atoms with Gasteiger partial charge in [0.1, 0.15) is 0 Å². The van der Waals surface area contributed by atoms with Gasteiger partial charge < -0.3 is 14.7 Å². The summed E-state index contributed by atoms with van der Waals surface area (Å²) in [5, 5.41) is 10.1. The maximum absolute atomic E-state index is 13.9. The van der Waals surface area contributed by atoms with Gasteiger partial charge >= 0.3 is 0 Å². The number of anilines is 1. The maximum atomic E-state index is 13.9. The third-order valence-corrected chi connectivity index (χ3v) is 4.17. The fourth-order valence-electron chi connectivity index (χ4n) is 3.21. The zero-order valence-corrected chi connectivity index (χ0v) is 10.8. The van der Waals surface area contributed by atoms with E-state index in [9.17, 15) is 9.50 Å². The molecule has 0 spiro atoms. The summed E-state index contributed by atoms with van der Waals surface area (Å²) in [6, 6.07) is 3.16. The molecule has 2 fully saturated rings. The number of pyridine rings is 1. The monoisotopic (exact) mass is 266 g/mol. The van der Waals surface area contributed by atoms with Gasteiger partial charge in [-0.05, 0) is 31.4 Å². The van der Waals surface area contributed by atoms with Crippen LogP contribution in [0.4, 0.5) is 10.2 Å². The van der Waals surface area contributed by atoms with Gasteiger partial charge in [0.05, 0.1) is 12.7 Å². The highest BCUT2D eigenvalue weighted by Crippen LogP contribution is 2.33. The van der Waals surface area contributed by atoms with Gasteiger partial charge in [0.15, 0.2) is 11.6 Å². The number of aromatic nitrogens is 1. The summed E-state index contributed by atoms with van der Waals surface area (Å²) in [6.07, 6.45) is 3.89. The molecule has 2 saturated heterocycles. The summed E-state index contributed by atoms with van der Waals surface area (Å²) >= 11 is 0. The normalized spacial score (nSPS) is 31.7. The lowest BCUT2D eigenvalue weighted by molar-refractivity contribution is -0.0438. The Morgan fingerprint density at radius 2 is 2.32 bits per heavy atom. The van der Waals surface area contributed by atoms with Gasteiger partial charge in [-0.3, -0.25) is 0 Å². The first-order chi connectivity index (χ1) is 9.27. The van der Waals surface area contributed by atoms with E-state index < -0.39 is 0 Å². The second kappa shape index (κ2) is 5.43. The predicted octanol–water partition coefficient (Wildman–Crippen LogP) is 1.59. The summed E-state index contributed by atoms with van der Waals surface area (Å²) < 4.78 is 19.4. The minimum Gasteiger partial charge on any atom is -0.393 e. The molecule has 1 aromatic heterocycles. The molecule has 4 nitrogen and oxygen atoms in total. The summed E-state index contributed by atoms with van der Waals surface area (Å²) in [5.41, 5.74) is 0. The van der Waals surface area contributed by atoms with E-state index in [0.717, 1.165) is 19.4 Å². The van der Waals surface area contributed by atoms with Crippen LogP contribution in [0.5, 0.6) is 0 Å². The number of aliphatic hydroxyl groups excluding tert-OH is 1. The molecule has 3 atom stereocenters. The standard InChI is InChI=1S/C14H19FN2O2/c15-11-3-1-6-16-14(11)17-7-2-4-12(17)10-9-19-8-5-13(10)18/h1,3,6,10,12-13,18H,2,4-5,7-9H2. The number of halogens is 1. The average Bonchev–Trinajstić information content (AvgIpc) is 2.89.